The lowest BCUT2D eigenvalue weighted by Crippen LogP contribution is -2.12. The zero-order valence-corrected chi connectivity index (χ0v) is 11.7. The molecule has 1 aromatic carbocycles. The number of benzene rings is 1. The predicted molar refractivity (Wildman–Crippen MR) is 81.4 cm³/mol. The van der Waals surface area contributed by atoms with Crippen molar-refractivity contribution in [3.8, 4) is 11.8 Å². The van der Waals surface area contributed by atoms with E-state index in [2.05, 4.69) is 23.2 Å². The minimum atomic E-state index is 0.747. The van der Waals surface area contributed by atoms with Crippen molar-refractivity contribution in [3.05, 3.63) is 57.3 Å². The van der Waals surface area contributed by atoms with Gasteiger partial charge in [0.15, 0.2) is 0 Å². The van der Waals surface area contributed by atoms with Crippen LogP contribution in [0.4, 0.5) is 0 Å². The number of nitrogens with one attached hydrogen (secondary N) is 1. The van der Waals surface area contributed by atoms with Gasteiger partial charge in [-0.3, -0.25) is 0 Å². The second kappa shape index (κ2) is 6.06. The van der Waals surface area contributed by atoms with Crippen molar-refractivity contribution >= 4 is 11.3 Å². The SMILES string of the molecule is C(#Cc1ccccc1)CNCc1cc2c(s1)CCC2. The zero-order valence-electron chi connectivity index (χ0n) is 10.9. The van der Waals surface area contributed by atoms with Crippen LogP contribution in [-0.2, 0) is 19.4 Å². The largest absolute Gasteiger partial charge is 0.301 e. The maximum absolute atomic E-state index is 3.40. The molecule has 0 amide bonds. The van der Waals surface area contributed by atoms with Crippen LogP contribution in [0.2, 0.25) is 0 Å². The minimum absolute atomic E-state index is 0.747. The molecule has 1 heterocycles. The maximum atomic E-state index is 3.40. The predicted octanol–water partition coefficient (Wildman–Crippen LogP) is 3.38. The molecule has 1 nitrogen and oxygen atoms in total. The standard InChI is InChI=1S/C17H17NS/c1-2-6-14(7-3-1)8-5-11-18-13-16-12-15-9-4-10-17(15)19-16/h1-3,6-7,12,18H,4,9-11,13H2. The Morgan fingerprint density at radius 3 is 2.89 bits per heavy atom. The molecule has 1 aromatic heterocycles. The van der Waals surface area contributed by atoms with Gasteiger partial charge >= 0.3 is 0 Å². The van der Waals surface area contributed by atoms with Gasteiger partial charge in [-0.2, -0.15) is 0 Å². The van der Waals surface area contributed by atoms with Crippen LogP contribution in [0.15, 0.2) is 36.4 Å². The van der Waals surface area contributed by atoms with Crippen molar-refractivity contribution in [2.75, 3.05) is 6.54 Å². The Morgan fingerprint density at radius 2 is 2.05 bits per heavy atom. The monoisotopic (exact) mass is 267 g/mol. The summed E-state index contributed by atoms with van der Waals surface area (Å²) in [6.07, 6.45) is 3.91. The Bertz CT molecular complexity index is 580. The van der Waals surface area contributed by atoms with E-state index in [9.17, 15) is 0 Å². The summed E-state index contributed by atoms with van der Waals surface area (Å²) in [5, 5.41) is 3.40. The zero-order chi connectivity index (χ0) is 12.9. The molecule has 0 bridgehead atoms. The molecule has 0 radical (unpaired) electrons. The highest BCUT2D eigenvalue weighted by Crippen LogP contribution is 2.30. The number of thiophene rings is 1. The summed E-state index contributed by atoms with van der Waals surface area (Å²) in [7, 11) is 0. The Morgan fingerprint density at radius 1 is 1.16 bits per heavy atom. The lowest BCUT2D eigenvalue weighted by molar-refractivity contribution is 0.779. The molecule has 0 saturated heterocycles. The van der Waals surface area contributed by atoms with E-state index < -0.39 is 0 Å². The van der Waals surface area contributed by atoms with Crippen molar-refractivity contribution < 1.29 is 0 Å². The normalized spacial score (nSPS) is 12.8. The lowest BCUT2D eigenvalue weighted by Gasteiger charge is -1.97. The van der Waals surface area contributed by atoms with Gasteiger partial charge in [-0.25, -0.2) is 0 Å². The molecule has 2 aromatic rings. The second-order valence-corrected chi connectivity index (χ2v) is 6.01. The highest BCUT2D eigenvalue weighted by atomic mass is 32.1. The first-order valence-corrected chi connectivity index (χ1v) is 7.58. The third kappa shape index (κ3) is 3.26. The van der Waals surface area contributed by atoms with E-state index in [1.54, 1.807) is 10.4 Å². The van der Waals surface area contributed by atoms with Gasteiger partial charge in [0.2, 0.25) is 0 Å². The quantitative estimate of drug-likeness (QED) is 0.664. The molecular weight excluding hydrogens is 250 g/mol. The third-order valence-corrected chi connectivity index (χ3v) is 4.55. The summed E-state index contributed by atoms with van der Waals surface area (Å²) in [4.78, 5) is 3.05. The van der Waals surface area contributed by atoms with Crippen molar-refractivity contribution in [1.29, 1.82) is 0 Å². The van der Waals surface area contributed by atoms with Crippen molar-refractivity contribution in [2.45, 2.75) is 25.8 Å². The van der Waals surface area contributed by atoms with E-state index in [4.69, 9.17) is 0 Å². The van der Waals surface area contributed by atoms with Crippen molar-refractivity contribution in [1.82, 2.24) is 5.32 Å². The molecule has 19 heavy (non-hydrogen) atoms. The molecule has 0 aliphatic heterocycles. The summed E-state index contributed by atoms with van der Waals surface area (Å²) in [6.45, 7) is 1.69. The molecule has 1 aliphatic carbocycles. The molecule has 0 spiro atoms. The number of hydrogen-bond donors (Lipinski definition) is 1. The number of rotatable bonds is 3. The molecule has 1 N–H and O–H groups in total. The average molecular weight is 267 g/mol. The van der Waals surface area contributed by atoms with E-state index in [1.165, 1.54) is 24.1 Å². The van der Waals surface area contributed by atoms with Gasteiger partial charge in [-0.15, -0.1) is 11.3 Å². The van der Waals surface area contributed by atoms with E-state index >= 15 is 0 Å². The van der Waals surface area contributed by atoms with Crippen LogP contribution >= 0.6 is 11.3 Å². The van der Waals surface area contributed by atoms with Crippen molar-refractivity contribution in [3.63, 3.8) is 0 Å². The van der Waals surface area contributed by atoms with E-state index in [0.717, 1.165) is 18.7 Å². The molecule has 2 heteroatoms. The molecule has 0 fully saturated rings. The first-order chi connectivity index (χ1) is 9.42. The summed E-state index contributed by atoms with van der Waals surface area (Å²) in [5.74, 6) is 6.33. The molecule has 1 aliphatic rings. The Hall–Kier alpha value is -1.56. The molecule has 96 valence electrons. The van der Waals surface area contributed by atoms with Gasteiger partial charge in [0, 0.05) is 21.9 Å². The van der Waals surface area contributed by atoms with E-state index in [0.29, 0.717) is 0 Å². The van der Waals surface area contributed by atoms with E-state index in [1.807, 2.05) is 41.7 Å². The molecule has 3 rings (SSSR count). The first kappa shape index (κ1) is 12.5. The molecule has 0 saturated carbocycles. The van der Waals surface area contributed by atoms with Crippen LogP contribution in [0.5, 0.6) is 0 Å². The Kier molecular flexibility index (Phi) is 3.98. The topological polar surface area (TPSA) is 12.0 Å². The molecule has 0 unspecified atom stereocenters. The highest BCUT2D eigenvalue weighted by Gasteiger charge is 2.13. The fourth-order valence-corrected chi connectivity index (χ4v) is 3.62. The van der Waals surface area contributed by atoms with Crippen LogP contribution in [0.1, 0.15) is 27.3 Å². The van der Waals surface area contributed by atoms with Crippen LogP contribution in [-0.4, -0.2) is 6.54 Å². The Balaban J connectivity index is 1.47. The number of hydrogen-bond acceptors (Lipinski definition) is 2. The lowest BCUT2D eigenvalue weighted by atomic mass is 10.2. The third-order valence-electron chi connectivity index (χ3n) is 3.32. The molecular formula is C17H17NS. The second-order valence-electron chi connectivity index (χ2n) is 4.79. The van der Waals surface area contributed by atoms with Crippen LogP contribution in [0.25, 0.3) is 0 Å². The number of fused-ring (bicyclic) bond motifs is 1. The molecule has 0 atom stereocenters. The average Bonchev–Trinajstić information content (AvgIpc) is 3.00. The number of aryl methyl sites for hydroxylation is 2. The summed E-state index contributed by atoms with van der Waals surface area (Å²) in [5.41, 5.74) is 2.66. The van der Waals surface area contributed by atoms with Gasteiger partial charge in [0.05, 0.1) is 6.54 Å². The van der Waals surface area contributed by atoms with Crippen molar-refractivity contribution in [2.24, 2.45) is 0 Å². The van der Waals surface area contributed by atoms with Gasteiger partial charge in [0.1, 0.15) is 0 Å². The van der Waals surface area contributed by atoms with Crippen LogP contribution < -0.4 is 5.32 Å². The maximum Gasteiger partial charge on any atom is 0.0583 e. The van der Waals surface area contributed by atoms with Gasteiger partial charge < -0.3 is 5.32 Å². The highest BCUT2D eigenvalue weighted by molar-refractivity contribution is 7.12. The van der Waals surface area contributed by atoms with E-state index in [-0.39, 0.29) is 0 Å². The fraction of sp³-hybridized carbons (Fsp3) is 0.294. The summed E-state index contributed by atoms with van der Waals surface area (Å²) >= 11 is 1.97. The minimum Gasteiger partial charge on any atom is -0.301 e. The van der Waals surface area contributed by atoms with Gasteiger partial charge in [0.25, 0.3) is 0 Å². The summed E-state index contributed by atoms with van der Waals surface area (Å²) < 4.78 is 0. The fourth-order valence-electron chi connectivity index (χ4n) is 2.39. The smallest absolute Gasteiger partial charge is 0.0583 e. The summed E-state index contributed by atoms with van der Waals surface area (Å²) in [6, 6.07) is 12.5. The Labute approximate surface area is 118 Å². The van der Waals surface area contributed by atoms with Gasteiger partial charge in [-0.1, -0.05) is 30.0 Å². The van der Waals surface area contributed by atoms with Crippen LogP contribution in [0.3, 0.4) is 0 Å². The first-order valence-electron chi connectivity index (χ1n) is 6.77. The van der Waals surface area contributed by atoms with Gasteiger partial charge in [-0.05, 0) is 43.0 Å². The van der Waals surface area contributed by atoms with Crippen LogP contribution in [0, 0.1) is 11.8 Å².